The van der Waals surface area contributed by atoms with Crippen molar-refractivity contribution >= 4 is 17.5 Å². The molecule has 0 radical (unpaired) electrons. The first kappa shape index (κ1) is 13.3. The maximum Gasteiger partial charge on any atom is 0.243 e. The van der Waals surface area contributed by atoms with Gasteiger partial charge in [0.15, 0.2) is 5.65 Å². The highest BCUT2D eigenvalue weighted by Crippen LogP contribution is 2.16. The molecular formula is C13H19N5O. The van der Waals surface area contributed by atoms with Gasteiger partial charge in [-0.1, -0.05) is 6.07 Å². The van der Waals surface area contributed by atoms with Gasteiger partial charge in [0, 0.05) is 19.3 Å². The fourth-order valence-electron chi connectivity index (χ4n) is 1.83. The zero-order valence-corrected chi connectivity index (χ0v) is 11.7. The van der Waals surface area contributed by atoms with Crippen LogP contribution in [0.4, 0.5) is 5.95 Å². The van der Waals surface area contributed by atoms with E-state index in [2.05, 4.69) is 20.7 Å². The van der Waals surface area contributed by atoms with Gasteiger partial charge in [-0.15, -0.1) is 5.10 Å². The number of pyridine rings is 1. The number of carbonyl (C=O) groups excluding carboxylic acids is 1. The number of rotatable bonds is 4. The highest BCUT2D eigenvalue weighted by Gasteiger charge is 2.26. The summed E-state index contributed by atoms with van der Waals surface area (Å²) < 4.78 is 1.77. The number of aryl methyl sites for hydroxylation is 1. The molecule has 102 valence electrons. The van der Waals surface area contributed by atoms with E-state index in [4.69, 9.17) is 0 Å². The van der Waals surface area contributed by atoms with Crippen molar-refractivity contribution in [1.29, 1.82) is 0 Å². The minimum absolute atomic E-state index is 0.0139. The van der Waals surface area contributed by atoms with Gasteiger partial charge < -0.3 is 10.6 Å². The molecule has 0 spiro atoms. The van der Waals surface area contributed by atoms with E-state index in [-0.39, 0.29) is 5.91 Å². The van der Waals surface area contributed by atoms with Gasteiger partial charge in [-0.05, 0) is 32.9 Å². The fourth-order valence-corrected chi connectivity index (χ4v) is 1.83. The standard InChI is InChI=1S/C13H19N5O/c1-9-6-5-7-10-16-12(17-18(9)10)15-8-13(2,3)11(19)14-4/h5-7H,8H2,1-4H3,(H,14,19)(H,15,17). The second-order valence-corrected chi connectivity index (χ2v) is 5.19. The van der Waals surface area contributed by atoms with Gasteiger partial charge in [0.05, 0.1) is 5.41 Å². The van der Waals surface area contributed by atoms with Gasteiger partial charge in [-0.2, -0.15) is 4.98 Å². The SMILES string of the molecule is CNC(=O)C(C)(C)CNc1nc2cccc(C)n2n1. The van der Waals surface area contributed by atoms with Crippen molar-refractivity contribution in [2.24, 2.45) is 5.41 Å². The van der Waals surface area contributed by atoms with Crippen LogP contribution in [0, 0.1) is 12.3 Å². The van der Waals surface area contributed by atoms with Crippen LogP contribution in [-0.4, -0.2) is 34.1 Å². The van der Waals surface area contributed by atoms with Gasteiger partial charge in [0.1, 0.15) is 0 Å². The number of amides is 1. The minimum Gasteiger partial charge on any atom is -0.359 e. The Balaban J connectivity index is 2.14. The Morgan fingerprint density at radius 1 is 1.42 bits per heavy atom. The molecule has 6 heteroatoms. The first-order valence-corrected chi connectivity index (χ1v) is 6.22. The van der Waals surface area contributed by atoms with Crippen LogP contribution in [0.5, 0.6) is 0 Å². The maximum atomic E-state index is 11.7. The van der Waals surface area contributed by atoms with Crippen LogP contribution in [-0.2, 0) is 4.79 Å². The predicted molar refractivity (Wildman–Crippen MR) is 74.1 cm³/mol. The fraction of sp³-hybridized carbons (Fsp3) is 0.462. The van der Waals surface area contributed by atoms with Crippen molar-refractivity contribution in [3.8, 4) is 0 Å². The molecule has 19 heavy (non-hydrogen) atoms. The van der Waals surface area contributed by atoms with Crippen LogP contribution < -0.4 is 10.6 Å². The van der Waals surface area contributed by atoms with E-state index in [1.165, 1.54) is 0 Å². The summed E-state index contributed by atoms with van der Waals surface area (Å²) >= 11 is 0. The molecule has 0 aliphatic carbocycles. The molecule has 0 fully saturated rings. The average Bonchev–Trinajstić information content (AvgIpc) is 2.80. The lowest BCUT2D eigenvalue weighted by atomic mass is 9.92. The summed E-state index contributed by atoms with van der Waals surface area (Å²) in [6.07, 6.45) is 0. The molecular weight excluding hydrogens is 242 g/mol. The van der Waals surface area contributed by atoms with Crippen molar-refractivity contribution in [3.05, 3.63) is 23.9 Å². The Hall–Kier alpha value is -2.11. The zero-order chi connectivity index (χ0) is 14.0. The number of nitrogens with zero attached hydrogens (tertiary/aromatic N) is 3. The number of hydrogen-bond donors (Lipinski definition) is 2. The Morgan fingerprint density at radius 3 is 2.79 bits per heavy atom. The smallest absolute Gasteiger partial charge is 0.243 e. The summed E-state index contributed by atoms with van der Waals surface area (Å²) in [4.78, 5) is 16.1. The lowest BCUT2D eigenvalue weighted by Gasteiger charge is -2.22. The third kappa shape index (κ3) is 2.67. The number of fused-ring (bicyclic) bond motifs is 1. The summed E-state index contributed by atoms with van der Waals surface area (Å²) in [7, 11) is 1.64. The monoisotopic (exact) mass is 261 g/mol. The zero-order valence-electron chi connectivity index (χ0n) is 11.7. The van der Waals surface area contributed by atoms with E-state index < -0.39 is 5.41 Å². The molecule has 2 aromatic rings. The molecule has 1 amide bonds. The van der Waals surface area contributed by atoms with E-state index in [1.807, 2.05) is 39.0 Å². The average molecular weight is 261 g/mol. The van der Waals surface area contributed by atoms with Crippen molar-refractivity contribution in [1.82, 2.24) is 19.9 Å². The summed E-state index contributed by atoms with van der Waals surface area (Å²) in [5.74, 6) is 0.520. The van der Waals surface area contributed by atoms with Crippen LogP contribution >= 0.6 is 0 Å². The Kier molecular flexibility index (Phi) is 3.42. The first-order chi connectivity index (χ1) is 8.94. The van der Waals surface area contributed by atoms with Crippen molar-refractivity contribution < 1.29 is 4.79 Å². The molecule has 0 aromatic carbocycles. The van der Waals surface area contributed by atoms with Crippen LogP contribution in [0.15, 0.2) is 18.2 Å². The van der Waals surface area contributed by atoms with Crippen molar-refractivity contribution in [2.75, 3.05) is 18.9 Å². The number of hydrogen-bond acceptors (Lipinski definition) is 4. The molecule has 6 nitrogen and oxygen atoms in total. The first-order valence-electron chi connectivity index (χ1n) is 6.22. The molecule has 0 atom stereocenters. The minimum atomic E-state index is -0.513. The molecule has 0 aliphatic rings. The Bertz CT molecular complexity index is 602. The Morgan fingerprint density at radius 2 is 2.16 bits per heavy atom. The van der Waals surface area contributed by atoms with E-state index in [1.54, 1.807) is 11.6 Å². The topological polar surface area (TPSA) is 71.3 Å². The predicted octanol–water partition coefficient (Wildman–Crippen LogP) is 1.22. The second-order valence-electron chi connectivity index (χ2n) is 5.19. The van der Waals surface area contributed by atoms with Gasteiger partial charge in [0.25, 0.3) is 0 Å². The quantitative estimate of drug-likeness (QED) is 0.868. The Labute approximate surface area is 112 Å². The van der Waals surface area contributed by atoms with Crippen molar-refractivity contribution in [3.63, 3.8) is 0 Å². The number of nitrogens with one attached hydrogen (secondary N) is 2. The summed E-state index contributed by atoms with van der Waals surface area (Å²) in [5.41, 5.74) is 1.30. The van der Waals surface area contributed by atoms with Crippen molar-refractivity contribution in [2.45, 2.75) is 20.8 Å². The molecule has 2 N–H and O–H groups in total. The lowest BCUT2D eigenvalue weighted by molar-refractivity contribution is -0.128. The van der Waals surface area contributed by atoms with Crippen LogP contribution in [0.25, 0.3) is 5.65 Å². The third-order valence-electron chi connectivity index (χ3n) is 3.08. The van der Waals surface area contributed by atoms with E-state index >= 15 is 0 Å². The van der Waals surface area contributed by atoms with Crippen LogP contribution in [0.2, 0.25) is 0 Å². The highest BCUT2D eigenvalue weighted by molar-refractivity contribution is 5.82. The maximum absolute atomic E-state index is 11.7. The molecule has 0 aliphatic heterocycles. The molecule has 0 saturated carbocycles. The van der Waals surface area contributed by atoms with Gasteiger partial charge >= 0.3 is 0 Å². The van der Waals surface area contributed by atoms with Crippen LogP contribution in [0.1, 0.15) is 19.5 Å². The summed E-state index contributed by atoms with van der Waals surface area (Å²) in [6, 6.07) is 5.81. The summed E-state index contributed by atoms with van der Waals surface area (Å²) in [6.45, 7) is 6.20. The highest BCUT2D eigenvalue weighted by atomic mass is 16.2. The number of carbonyl (C=O) groups is 1. The normalized spacial score (nSPS) is 11.6. The summed E-state index contributed by atoms with van der Waals surface area (Å²) in [5, 5.41) is 10.1. The molecule has 2 rings (SSSR count). The second kappa shape index (κ2) is 4.87. The molecule has 0 saturated heterocycles. The van der Waals surface area contributed by atoms with Gasteiger partial charge in [-0.3, -0.25) is 4.79 Å². The largest absolute Gasteiger partial charge is 0.359 e. The van der Waals surface area contributed by atoms with Gasteiger partial charge in [-0.25, -0.2) is 4.52 Å². The van der Waals surface area contributed by atoms with E-state index in [0.29, 0.717) is 12.5 Å². The van der Waals surface area contributed by atoms with E-state index in [0.717, 1.165) is 11.3 Å². The van der Waals surface area contributed by atoms with Crippen LogP contribution in [0.3, 0.4) is 0 Å². The van der Waals surface area contributed by atoms with Gasteiger partial charge in [0.2, 0.25) is 11.9 Å². The number of anilines is 1. The van der Waals surface area contributed by atoms with E-state index in [9.17, 15) is 4.79 Å². The molecule has 0 unspecified atom stereocenters. The third-order valence-corrected chi connectivity index (χ3v) is 3.08. The molecule has 2 heterocycles. The molecule has 2 aromatic heterocycles. The molecule has 0 bridgehead atoms. The lowest BCUT2D eigenvalue weighted by Crippen LogP contribution is -2.39. The number of aromatic nitrogens is 3.